The van der Waals surface area contributed by atoms with E-state index < -0.39 is 35.4 Å². The summed E-state index contributed by atoms with van der Waals surface area (Å²) in [5, 5.41) is 14.3. The standard InChI is InChI=1S/C26H21N3O7/c30-24(17-7-6-8-19(13-17)29(33)34)16-35-25(31)23(28-26(32)36-20-9-2-1-3-10-20)14-18-15-27-22-12-5-4-11-21(18)22/h1-13,15,23,27H,14,16H2,(H,28,32)/t23-/m1/s1. The largest absolute Gasteiger partial charge is 0.456 e. The summed E-state index contributed by atoms with van der Waals surface area (Å²) in [6.07, 6.45) is 0.925. The number of esters is 1. The number of ether oxygens (including phenoxy) is 2. The molecule has 0 fully saturated rings. The number of nitrogens with one attached hydrogen (secondary N) is 2. The number of nitro groups is 1. The molecular weight excluding hydrogens is 466 g/mol. The number of H-pyrrole nitrogens is 1. The van der Waals surface area contributed by atoms with E-state index >= 15 is 0 Å². The first-order valence-corrected chi connectivity index (χ1v) is 10.9. The molecule has 36 heavy (non-hydrogen) atoms. The number of nitrogens with zero attached hydrogens (tertiary/aromatic N) is 1. The lowest BCUT2D eigenvalue weighted by atomic mass is 10.1. The molecule has 1 aromatic heterocycles. The summed E-state index contributed by atoms with van der Waals surface area (Å²) in [4.78, 5) is 51.4. The number of benzene rings is 3. The summed E-state index contributed by atoms with van der Waals surface area (Å²) < 4.78 is 10.4. The number of aromatic amines is 1. The third-order valence-electron chi connectivity index (χ3n) is 5.35. The van der Waals surface area contributed by atoms with Crippen molar-refractivity contribution in [2.24, 2.45) is 0 Å². The quantitative estimate of drug-likeness (QED) is 0.156. The van der Waals surface area contributed by atoms with Gasteiger partial charge >= 0.3 is 12.1 Å². The molecule has 4 rings (SSSR count). The van der Waals surface area contributed by atoms with E-state index in [2.05, 4.69) is 10.3 Å². The third kappa shape index (κ3) is 5.92. The first-order valence-electron chi connectivity index (χ1n) is 10.9. The van der Waals surface area contributed by atoms with E-state index in [1.807, 2.05) is 24.3 Å². The molecule has 182 valence electrons. The van der Waals surface area contributed by atoms with Crippen LogP contribution in [0.1, 0.15) is 15.9 Å². The van der Waals surface area contributed by atoms with Gasteiger partial charge in [0.25, 0.3) is 5.69 Å². The highest BCUT2D eigenvalue weighted by Crippen LogP contribution is 2.20. The summed E-state index contributed by atoms with van der Waals surface area (Å²) in [6.45, 7) is -0.653. The number of amides is 1. The molecule has 0 aliphatic heterocycles. The van der Waals surface area contributed by atoms with Crippen molar-refractivity contribution >= 4 is 34.4 Å². The van der Waals surface area contributed by atoms with Crippen molar-refractivity contribution in [3.63, 3.8) is 0 Å². The van der Waals surface area contributed by atoms with Gasteiger partial charge in [0.15, 0.2) is 6.61 Å². The summed E-state index contributed by atoms with van der Waals surface area (Å²) in [5.74, 6) is -1.19. The molecule has 0 radical (unpaired) electrons. The number of rotatable bonds is 9. The monoisotopic (exact) mass is 487 g/mol. The second-order valence-electron chi connectivity index (χ2n) is 7.80. The van der Waals surface area contributed by atoms with Crippen LogP contribution < -0.4 is 10.1 Å². The Bertz CT molecular complexity index is 1420. The molecule has 0 saturated heterocycles. The average Bonchev–Trinajstić information content (AvgIpc) is 3.30. The van der Waals surface area contributed by atoms with Gasteiger partial charge in [-0.2, -0.15) is 0 Å². The van der Waals surface area contributed by atoms with E-state index in [0.717, 1.165) is 22.5 Å². The number of ketones is 1. The van der Waals surface area contributed by atoms with Crippen molar-refractivity contribution in [1.29, 1.82) is 0 Å². The van der Waals surface area contributed by atoms with Gasteiger partial charge in [-0.15, -0.1) is 0 Å². The number of carbonyl (C=O) groups is 3. The Morgan fingerprint density at radius 2 is 1.72 bits per heavy atom. The summed E-state index contributed by atoms with van der Waals surface area (Å²) in [5.41, 5.74) is 1.38. The Morgan fingerprint density at radius 3 is 2.50 bits per heavy atom. The van der Waals surface area contributed by atoms with Crippen LogP contribution in [0, 0.1) is 10.1 Å². The molecule has 0 bridgehead atoms. The molecule has 0 aliphatic rings. The molecular formula is C26H21N3O7. The second-order valence-corrected chi connectivity index (χ2v) is 7.80. The number of fused-ring (bicyclic) bond motifs is 1. The lowest BCUT2D eigenvalue weighted by Crippen LogP contribution is -2.45. The number of aromatic nitrogens is 1. The van der Waals surface area contributed by atoms with Crippen LogP contribution in [0.3, 0.4) is 0 Å². The first-order chi connectivity index (χ1) is 17.4. The lowest BCUT2D eigenvalue weighted by Gasteiger charge is -2.17. The number of hydrogen-bond donors (Lipinski definition) is 2. The van der Waals surface area contributed by atoms with Crippen LogP contribution in [-0.4, -0.2) is 40.4 Å². The second kappa shape index (κ2) is 11.0. The van der Waals surface area contributed by atoms with Gasteiger partial charge in [0.05, 0.1) is 4.92 Å². The summed E-state index contributed by atoms with van der Waals surface area (Å²) in [7, 11) is 0. The fourth-order valence-corrected chi connectivity index (χ4v) is 3.59. The van der Waals surface area contributed by atoms with Crippen molar-refractivity contribution in [2.45, 2.75) is 12.5 Å². The Balaban J connectivity index is 1.48. The van der Waals surface area contributed by atoms with Gasteiger partial charge < -0.3 is 19.8 Å². The fourth-order valence-electron chi connectivity index (χ4n) is 3.59. The molecule has 1 heterocycles. The molecule has 10 nitrogen and oxygen atoms in total. The minimum Gasteiger partial charge on any atom is -0.456 e. The molecule has 0 saturated carbocycles. The normalized spacial score (nSPS) is 11.4. The number of non-ortho nitro benzene ring substituents is 1. The van der Waals surface area contributed by atoms with Crippen molar-refractivity contribution < 1.29 is 28.8 Å². The highest BCUT2D eigenvalue weighted by molar-refractivity contribution is 5.98. The maximum atomic E-state index is 12.9. The SMILES string of the molecule is O=C(N[C@H](Cc1c[nH]c2ccccc12)C(=O)OCC(=O)c1cccc([N+](=O)[O-])c1)Oc1ccccc1. The summed E-state index contributed by atoms with van der Waals surface area (Å²) in [6, 6.07) is 19.7. The highest BCUT2D eigenvalue weighted by Gasteiger charge is 2.26. The minimum absolute atomic E-state index is 0.0293. The molecule has 0 spiro atoms. The van der Waals surface area contributed by atoms with Crippen LogP contribution in [-0.2, 0) is 16.0 Å². The smallest absolute Gasteiger partial charge is 0.413 e. The number of Topliss-reactive ketones (excluding diaryl/α,β-unsaturated/α-hetero) is 1. The fraction of sp³-hybridized carbons (Fsp3) is 0.115. The molecule has 10 heteroatoms. The summed E-state index contributed by atoms with van der Waals surface area (Å²) >= 11 is 0. The number of para-hydroxylation sites is 2. The van der Waals surface area contributed by atoms with Crippen LogP contribution in [0.5, 0.6) is 5.75 Å². The molecule has 4 aromatic rings. The zero-order chi connectivity index (χ0) is 25.5. The predicted molar refractivity (Wildman–Crippen MR) is 130 cm³/mol. The van der Waals surface area contributed by atoms with Crippen molar-refractivity contribution in [2.75, 3.05) is 6.61 Å². The van der Waals surface area contributed by atoms with E-state index in [-0.39, 0.29) is 23.4 Å². The van der Waals surface area contributed by atoms with E-state index in [1.165, 1.54) is 18.2 Å². The van der Waals surface area contributed by atoms with Gasteiger partial charge in [-0.25, -0.2) is 9.59 Å². The Labute approximate surface area is 205 Å². The predicted octanol–water partition coefficient (Wildman–Crippen LogP) is 4.20. The van der Waals surface area contributed by atoms with Gasteiger partial charge in [-0.3, -0.25) is 14.9 Å². The van der Waals surface area contributed by atoms with Crippen molar-refractivity contribution in [3.05, 3.63) is 106 Å². The molecule has 3 aromatic carbocycles. The molecule has 1 amide bonds. The van der Waals surface area contributed by atoms with Crippen molar-refractivity contribution in [1.82, 2.24) is 10.3 Å². The van der Waals surface area contributed by atoms with Gasteiger partial charge in [0.1, 0.15) is 11.8 Å². The zero-order valence-corrected chi connectivity index (χ0v) is 18.9. The van der Waals surface area contributed by atoms with Crippen LogP contribution in [0.25, 0.3) is 10.9 Å². The maximum absolute atomic E-state index is 12.9. The van der Waals surface area contributed by atoms with E-state index in [1.54, 1.807) is 36.5 Å². The Morgan fingerprint density at radius 1 is 0.972 bits per heavy atom. The average molecular weight is 487 g/mol. The van der Waals surface area contributed by atoms with Crippen LogP contribution in [0.2, 0.25) is 0 Å². The van der Waals surface area contributed by atoms with Crippen LogP contribution in [0.4, 0.5) is 10.5 Å². The first kappa shape index (κ1) is 24.1. The number of carbonyl (C=O) groups excluding carboxylic acids is 3. The van der Waals surface area contributed by atoms with Crippen LogP contribution >= 0.6 is 0 Å². The highest BCUT2D eigenvalue weighted by atomic mass is 16.6. The van der Waals surface area contributed by atoms with E-state index in [4.69, 9.17) is 9.47 Å². The molecule has 0 aliphatic carbocycles. The number of nitro benzene ring substituents is 1. The van der Waals surface area contributed by atoms with E-state index in [9.17, 15) is 24.5 Å². The van der Waals surface area contributed by atoms with Crippen molar-refractivity contribution in [3.8, 4) is 5.75 Å². The van der Waals surface area contributed by atoms with Gasteiger partial charge in [-0.05, 0) is 23.8 Å². The third-order valence-corrected chi connectivity index (χ3v) is 5.35. The number of hydrogen-bond acceptors (Lipinski definition) is 7. The minimum atomic E-state index is -1.17. The molecule has 2 N–H and O–H groups in total. The lowest BCUT2D eigenvalue weighted by molar-refractivity contribution is -0.384. The molecule has 0 unspecified atom stereocenters. The van der Waals surface area contributed by atoms with Crippen LogP contribution in [0.15, 0.2) is 85.1 Å². The topological polar surface area (TPSA) is 141 Å². The van der Waals surface area contributed by atoms with Gasteiger partial charge in [0.2, 0.25) is 5.78 Å². The van der Waals surface area contributed by atoms with E-state index in [0.29, 0.717) is 0 Å². The maximum Gasteiger partial charge on any atom is 0.413 e. The molecule has 1 atom stereocenters. The zero-order valence-electron chi connectivity index (χ0n) is 18.9. The Kier molecular flexibility index (Phi) is 7.35. The Hall–Kier alpha value is -4.99. The van der Waals surface area contributed by atoms with Gasteiger partial charge in [-0.1, -0.05) is 48.5 Å². The van der Waals surface area contributed by atoms with Gasteiger partial charge in [0, 0.05) is 41.2 Å².